The van der Waals surface area contributed by atoms with Crippen molar-refractivity contribution in [3.63, 3.8) is 0 Å². The van der Waals surface area contributed by atoms with E-state index in [0.717, 1.165) is 5.56 Å². The van der Waals surface area contributed by atoms with Crippen LogP contribution in [0.3, 0.4) is 0 Å². The molecule has 2 amide bonds. The summed E-state index contributed by atoms with van der Waals surface area (Å²) in [5, 5.41) is 9.57. The molecule has 0 radical (unpaired) electrons. The van der Waals surface area contributed by atoms with Crippen molar-refractivity contribution >= 4 is 46.4 Å². The van der Waals surface area contributed by atoms with Gasteiger partial charge in [0.1, 0.15) is 0 Å². The third kappa shape index (κ3) is 3.88. The van der Waals surface area contributed by atoms with E-state index in [-0.39, 0.29) is 11.8 Å². The van der Waals surface area contributed by atoms with Gasteiger partial charge < -0.3 is 0 Å². The molecule has 3 aromatic carbocycles. The lowest BCUT2D eigenvalue weighted by Gasteiger charge is -2.15. The Morgan fingerprint density at radius 1 is 0.867 bits per heavy atom. The predicted octanol–water partition coefficient (Wildman–Crippen LogP) is 5.43. The van der Waals surface area contributed by atoms with Crippen LogP contribution in [0.4, 0.5) is 5.69 Å². The number of carbonyl (C=O) groups is 2. The van der Waals surface area contributed by atoms with E-state index in [0.29, 0.717) is 38.1 Å². The van der Waals surface area contributed by atoms with Crippen molar-refractivity contribution in [3.05, 3.63) is 105 Å². The fourth-order valence-corrected chi connectivity index (χ4v) is 4.36. The van der Waals surface area contributed by atoms with Crippen LogP contribution in [0.1, 0.15) is 16.7 Å². The monoisotopic (exact) mass is 430 g/mol. The Balaban J connectivity index is 1.73. The maximum Gasteiger partial charge on any atom is 0.272 e. The average Bonchev–Trinajstić information content (AvgIpc) is 3.03. The number of hydrogen-bond acceptors (Lipinski definition) is 4. The molecule has 1 aliphatic rings. The molecule has 3 aromatic rings. The minimum absolute atomic E-state index is 0.363. The molecule has 6 heteroatoms. The first-order valence-corrected chi connectivity index (χ1v) is 10.5. The number of nitrogens with zero attached hydrogens (tertiary/aromatic N) is 2. The van der Waals surface area contributed by atoms with Crippen LogP contribution in [0, 0.1) is 11.3 Å². The molecule has 4 rings (SSSR count). The maximum absolute atomic E-state index is 13.3. The summed E-state index contributed by atoms with van der Waals surface area (Å²) in [4.78, 5) is 28.2. The molecule has 0 atom stereocenters. The molecule has 0 saturated carbocycles. The summed E-state index contributed by atoms with van der Waals surface area (Å²) < 4.78 is 0. The third-order valence-electron chi connectivity index (χ3n) is 4.65. The molecule has 0 spiro atoms. The lowest BCUT2D eigenvalue weighted by atomic mass is 10.1. The molecule has 0 aromatic heterocycles. The Hall–Kier alpha value is -3.33. The van der Waals surface area contributed by atoms with Crippen LogP contribution in [0.15, 0.2) is 83.8 Å². The van der Waals surface area contributed by atoms with E-state index in [1.54, 1.807) is 48.5 Å². The smallest absolute Gasteiger partial charge is 0.268 e. The van der Waals surface area contributed by atoms with Crippen molar-refractivity contribution in [2.45, 2.75) is 5.75 Å². The highest BCUT2D eigenvalue weighted by Crippen LogP contribution is 2.39. The van der Waals surface area contributed by atoms with Crippen LogP contribution in [0.2, 0.25) is 5.02 Å². The lowest BCUT2D eigenvalue weighted by Crippen LogP contribution is -2.31. The number of anilines is 1. The standard InChI is InChI=1S/C24H15ClN2O2S/c25-19-10-8-18(9-11-19)21-22(30-15-17-4-2-1-3-5-17)24(29)27(23(21)28)20-12-6-16(14-26)7-13-20/h1-13H,15H2. The summed E-state index contributed by atoms with van der Waals surface area (Å²) in [6, 6.07) is 25.1. The van der Waals surface area contributed by atoms with Gasteiger partial charge >= 0.3 is 0 Å². The van der Waals surface area contributed by atoms with E-state index >= 15 is 0 Å². The van der Waals surface area contributed by atoms with Crippen LogP contribution in [-0.2, 0) is 15.3 Å². The van der Waals surface area contributed by atoms with Gasteiger partial charge in [0.15, 0.2) is 0 Å². The summed E-state index contributed by atoms with van der Waals surface area (Å²) in [5.41, 5.74) is 2.96. The fourth-order valence-electron chi connectivity index (χ4n) is 3.16. The number of imide groups is 1. The van der Waals surface area contributed by atoms with Gasteiger partial charge in [0.05, 0.1) is 27.8 Å². The van der Waals surface area contributed by atoms with Crippen molar-refractivity contribution in [2.75, 3.05) is 4.90 Å². The summed E-state index contributed by atoms with van der Waals surface area (Å²) in [7, 11) is 0. The van der Waals surface area contributed by atoms with E-state index in [9.17, 15) is 9.59 Å². The highest BCUT2D eigenvalue weighted by atomic mass is 35.5. The van der Waals surface area contributed by atoms with Gasteiger partial charge in [0, 0.05) is 10.8 Å². The summed E-state index contributed by atoms with van der Waals surface area (Å²) in [6.07, 6.45) is 0. The van der Waals surface area contributed by atoms with E-state index in [4.69, 9.17) is 16.9 Å². The van der Waals surface area contributed by atoms with Crippen LogP contribution in [-0.4, -0.2) is 11.8 Å². The molecule has 1 heterocycles. The van der Waals surface area contributed by atoms with E-state index in [1.807, 2.05) is 36.4 Å². The first-order chi connectivity index (χ1) is 14.6. The van der Waals surface area contributed by atoms with Gasteiger partial charge in [0.2, 0.25) is 0 Å². The predicted molar refractivity (Wildman–Crippen MR) is 120 cm³/mol. The summed E-state index contributed by atoms with van der Waals surface area (Å²) in [5.74, 6) is -0.189. The minimum atomic E-state index is -0.386. The third-order valence-corrected chi connectivity index (χ3v) is 6.05. The molecule has 0 unspecified atom stereocenters. The molecule has 0 N–H and O–H groups in total. The summed E-state index contributed by atoms with van der Waals surface area (Å²) >= 11 is 7.35. The summed E-state index contributed by atoms with van der Waals surface area (Å²) in [6.45, 7) is 0. The van der Waals surface area contributed by atoms with Crippen molar-refractivity contribution < 1.29 is 9.59 Å². The van der Waals surface area contributed by atoms with Crippen molar-refractivity contribution in [3.8, 4) is 6.07 Å². The Labute approximate surface area is 183 Å². The van der Waals surface area contributed by atoms with E-state index in [2.05, 4.69) is 0 Å². The Kier molecular flexibility index (Phi) is 5.71. The van der Waals surface area contributed by atoms with Gasteiger partial charge in [-0.3, -0.25) is 9.59 Å². The lowest BCUT2D eigenvalue weighted by molar-refractivity contribution is -0.119. The topological polar surface area (TPSA) is 61.2 Å². The van der Waals surface area contributed by atoms with Crippen molar-refractivity contribution in [2.24, 2.45) is 0 Å². The molecule has 4 nitrogen and oxygen atoms in total. The van der Waals surface area contributed by atoms with Gasteiger partial charge in [-0.15, -0.1) is 11.8 Å². The SMILES string of the molecule is N#Cc1ccc(N2C(=O)C(SCc3ccccc3)=C(c3ccc(Cl)cc3)C2=O)cc1. The number of amides is 2. The average molecular weight is 431 g/mol. The molecule has 0 fully saturated rings. The van der Waals surface area contributed by atoms with Gasteiger partial charge in [-0.1, -0.05) is 54.1 Å². The van der Waals surface area contributed by atoms with Crippen LogP contribution >= 0.6 is 23.4 Å². The highest BCUT2D eigenvalue weighted by Gasteiger charge is 2.40. The quantitative estimate of drug-likeness (QED) is 0.506. The van der Waals surface area contributed by atoms with Crippen molar-refractivity contribution in [1.82, 2.24) is 0 Å². The first-order valence-electron chi connectivity index (χ1n) is 9.14. The second-order valence-electron chi connectivity index (χ2n) is 6.59. The molecule has 0 bridgehead atoms. The van der Waals surface area contributed by atoms with Gasteiger partial charge in [-0.2, -0.15) is 5.26 Å². The minimum Gasteiger partial charge on any atom is -0.268 e. The first kappa shape index (κ1) is 20.0. The van der Waals surface area contributed by atoms with Crippen molar-refractivity contribution in [1.29, 1.82) is 5.26 Å². The molecule has 30 heavy (non-hydrogen) atoms. The fraction of sp³-hybridized carbons (Fsp3) is 0.0417. The molecule has 1 aliphatic heterocycles. The number of benzene rings is 3. The number of thioether (sulfide) groups is 1. The molecule has 0 saturated heterocycles. The zero-order valence-corrected chi connectivity index (χ0v) is 17.3. The van der Waals surface area contributed by atoms with E-state index < -0.39 is 0 Å². The number of nitriles is 1. The van der Waals surface area contributed by atoms with Gasteiger partial charge in [-0.05, 0) is 47.5 Å². The zero-order valence-electron chi connectivity index (χ0n) is 15.7. The number of rotatable bonds is 5. The molecular weight excluding hydrogens is 416 g/mol. The second-order valence-corrected chi connectivity index (χ2v) is 8.01. The Morgan fingerprint density at radius 2 is 1.53 bits per heavy atom. The highest BCUT2D eigenvalue weighted by molar-refractivity contribution is 8.03. The number of carbonyl (C=O) groups excluding carboxylic acids is 2. The van der Waals surface area contributed by atoms with E-state index in [1.165, 1.54) is 16.7 Å². The normalized spacial score (nSPS) is 13.7. The number of hydrogen-bond donors (Lipinski definition) is 0. The van der Waals surface area contributed by atoms with Gasteiger partial charge in [0.25, 0.3) is 11.8 Å². The Bertz CT molecular complexity index is 1180. The zero-order chi connectivity index (χ0) is 21.1. The largest absolute Gasteiger partial charge is 0.272 e. The Morgan fingerprint density at radius 3 is 2.17 bits per heavy atom. The molecular formula is C24H15ClN2O2S. The number of halogens is 1. The second kappa shape index (κ2) is 8.58. The molecule has 0 aliphatic carbocycles. The van der Waals surface area contributed by atoms with Gasteiger partial charge in [-0.25, -0.2) is 4.90 Å². The van der Waals surface area contributed by atoms with Crippen LogP contribution in [0.5, 0.6) is 0 Å². The molecule has 146 valence electrons. The van der Waals surface area contributed by atoms with Crippen LogP contribution in [0.25, 0.3) is 5.57 Å². The van der Waals surface area contributed by atoms with Crippen LogP contribution < -0.4 is 4.90 Å². The maximum atomic E-state index is 13.3.